The van der Waals surface area contributed by atoms with E-state index < -0.39 is 34.4 Å². The van der Waals surface area contributed by atoms with Crippen molar-refractivity contribution in [2.45, 2.75) is 6.43 Å². The van der Waals surface area contributed by atoms with Gasteiger partial charge in [-0.3, -0.25) is 9.48 Å². The molecule has 140 valence electrons. The maximum atomic E-state index is 14.3. The highest BCUT2D eigenvalue weighted by atomic mass is 35.5. The Morgan fingerprint density at radius 2 is 1.81 bits per heavy atom. The summed E-state index contributed by atoms with van der Waals surface area (Å²) in [7, 11) is 1.36. The molecule has 3 aromatic rings. The molecular weight excluding hydrogens is 402 g/mol. The highest BCUT2D eigenvalue weighted by Gasteiger charge is 2.31. The molecule has 4 nitrogen and oxygen atoms in total. The fourth-order valence-electron chi connectivity index (χ4n) is 2.90. The summed E-state index contributed by atoms with van der Waals surface area (Å²) >= 11 is 12.2. The molecule has 0 radical (unpaired) electrons. The second kappa shape index (κ2) is 7.25. The molecule has 1 aromatic heterocycles. The SMILES string of the molecule is Cn1nc(C(F)F)c(C(N)=O)c1-c1c(-c2ccccc2)cc(F)c(Cl)c1Cl. The van der Waals surface area contributed by atoms with Crippen LogP contribution in [0.1, 0.15) is 22.5 Å². The highest BCUT2D eigenvalue weighted by Crippen LogP contribution is 2.44. The average molecular weight is 414 g/mol. The standard InChI is InChI=1S/C18H12Cl2F3N3O/c1-26-16(12(18(24)27)15(25-26)17(22)23)11-9(8-5-3-2-4-6-8)7-10(21)13(19)14(11)20/h2-7,17H,1H3,(H2,24,27). The molecule has 1 heterocycles. The zero-order valence-corrected chi connectivity index (χ0v) is 15.3. The third kappa shape index (κ3) is 3.28. The molecule has 0 spiro atoms. The maximum absolute atomic E-state index is 14.3. The van der Waals surface area contributed by atoms with Crippen LogP contribution in [0.15, 0.2) is 36.4 Å². The van der Waals surface area contributed by atoms with Gasteiger partial charge in [0, 0.05) is 12.6 Å². The van der Waals surface area contributed by atoms with Crippen molar-refractivity contribution in [3.05, 3.63) is 63.5 Å². The summed E-state index contributed by atoms with van der Waals surface area (Å²) in [6.07, 6.45) is -3.04. The van der Waals surface area contributed by atoms with Crippen molar-refractivity contribution in [2.24, 2.45) is 12.8 Å². The van der Waals surface area contributed by atoms with Gasteiger partial charge in [-0.15, -0.1) is 0 Å². The minimum Gasteiger partial charge on any atom is -0.365 e. The molecule has 0 saturated carbocycles. The van der Waals surface area contributed by atoms with E-state index in [0.717, 1.165) is 10.7 Å². The Kier molecular flexibility index (Phi) is 5.17. The van der Waals surface area contributed by atoms with E-state index in [1.807, 2.05) is 0 Å². The Bertz CT molecular complexity index is 1040. The second-order valence-corrected chi connectivity index (χ2v) is 6.43. The lowest BCUT2D eigenvalue weighted by atomic mass is 9.94. The number of nitrogens with two attached hydrogens (primary N) is 1. The van der Waals surface area contributed by atoms with Crippen LogP contribution < -0.4 is 5.73 Å². The number of primary amides is 1. The van der Waals surface area contributed by atoms with Crippen molar-refractivity contribution < 1.29 is 18.0 Å². The predicted molar refractivity (Wildman–Crippen MR) is 97.5 cm³/mol. The van der Waals surface area contributed by atoms with Gasteiger partial charge in [-0.05, 0) is 17.2 Å². The zero-order valence-electron chi connectivity index (χ0n) is 13.8. The Balaban J connectivity index is 2.46. The molecule has 0 fully saturated rings. The number of aryl methyl sites for hydroxylation is 1. The van der Waals surface area contributed by atoms with E-state index in [1.54, 1.807) is 30.3 Å². The molecule has 0 unspecified atom stereocenters. The molecule has 0 saturated heterocycles. The Labute approximate surface area is 162 Å². The molecule has 0 bridgehead atoms. The van der Waals surface area contributed by atoms with Crippen LogP contribution in [-0.2, 0) is 7.05 Å². The first-order valence-corrected chi connectivity index (χ1v) is 8.37. The van der Waals surface area contributed by atoms with Crippen molar-refractivity contribution >= 4 is 29.1 Å². The van der Waals surface area contributed by atoms with Gasteiger partial charge in [0.2, 0.25) is 0 Å². The van der Waals surface area contributed by atoms with Crippen LogP contribution in [0, 0.1) is 5.82 Å². The van der Waals surface area contributed by atoms with Gasteiger partial charge in [0.15, 0.2) is 0 Å². The van der Waals surface area contributed by atoms with Crippen LogP contribution in [0.3, 0.4) is 0 Å². The lowest BCUT2D eigenvalue weighted by molar-refractivity contribution is 0.0985. The molecule has 1 amide bonds. The minimum atomic E-state index is -3.04. The topological polar surface area (TPSA) is 60.9 Å². The first kappa shape index (κ1) is 19.3. The number of rotatable bonds is 4. The van der Waals surface area contributed by atoms with E-state index in [2.05, 4.69) is 5.10 Å². The normalized spacial score (nSPS) is 11.2. The van der Waals surface area contributed by atoms with Crippen molar-refractivity contribution in [3.63, 3.8) is 0 Å². The number of amides is 1. The van der Waals surface area contributed by atoms with Crippen LogP contribution >= 0.6 is 23.2 Å². The summed E-state index contributed by atoms with van der Waals surface area (Å²) < 4.78 is 42.0. The first-order valence-electron chi connectivity index (χ1n) is 7.62. The van der Waals surface area contributed by atoms with Gasteiger partial charge in [-0.25, -0.2) is 13.2 Å². The maximum Gasteiger partial charge on any atom is 0.282 e. The summed E-state index contributed by atoms with van der Waals surface area (Å²) in [5.41, 5.74) is 4.88. The summed E-state index contributed by atoms with van der Waals surface area (Å²) in [5.74, 6) is -1.90. The molecule has 3 rings (SSSR count). The molecule has 27 heavy (non-hydrogen) atoms. The van der Waals surface area contributed by atoms with E-state index in [-0.39, 0.29) is 21.8 Å². The third-order valence-corrected chi connectivity index (χ3v) is 4.86. The van der Waals surface area contributed by atoms with Crippen LogP contribution in [0.25, 0.3) is 22.4 Å². The number of nitrogens with zero attached hydrogens (tertiary/aromatic N) is 2. The summed E-state index contributed by atoms with van der Waals surface area (Å²) in [6.45, 7) is 0. The number of alkyl halides is 2. The Morgan fingerprint density at radius 3 is 2.37 bits per heavy atom. The number of hydrogen-bond donors (Lipinski definition) is 1. The largest absolute Gasteiger partial charge is 0.365 e. The molecule has 2 aromatic carbocycles. The molecular formula is C18H12Cl2F3N3O. The molecule has 0 atom stereocenters. The van der Waals surface area contributed by atoms with Gasteiger partial charge in [0.05, 0.1) is 21.3 Å². The quantitative estimate of drug-likeness (QED) is 0.594. The van der Waals surface area contributed by atoms with E-state index in [0.29, 0.717) is 5.56 Å². The number of benzene rings is 2. The highest BCUT2D eigenvalue weighted by molar-refractivity contribution is 6.44. The van der Waals surface area contributed by atoms with E-state index in [9.17, 15) is 18.0 Å². The van der Waals surface area contributed by atoms with Gasteiger partial charge in [-0.2, -0.15) is 5.10 Å². The first-order chi connectivity index (χ1) is 12.7. The van der Waals surface area contributed by atoms with Crippen LogP contribution in [0.4, 0.5) is 13.2 Å². The predicted octanol–water partition coefficient (Wildman–Crippen LogP) is 5.24. The average Bonchev–Trinajstić information content (AvgIpc) is 2.98. The van der Waals surface area contributed by atoms with Gasteiger partial charge in [0.1, 0.15) is 11.5 Å². The summed E-state index contributed by atoms with van der Waals surface area (Å²) in [4.78, 5) is 11.9. The van der Waals surface area contributed by atoms with Gasteiger partial charge in [-0.1, -0.05) is 53.5 Å². The molecule has 9 heteroatoms. The third-order valence-electron chi connectivity index (χ3n) is 4.01. The lowest BCUT2D eigenvalue weighted by Gasteiger charge is -2.15. The van der Waals surface area contributed by atoms with Gasteiger partial charge >= 0.3 is 0 Å². The molecule has 0 aliphatic heterocycles. The Hall–Kier alpha value is -2.51. The van der Waals surface area contributed by atoms with Crippen molar-refractivity contribution in [1.82, 2.24) is 9.78 Å². The van der Waals surface area contributed by atoms with Crippen LogP contribution in [0.2, 0.25) is 10.0 Å². The number of halogens is 5. The monoisotopic (exact) mass is 413 g/mol. The number of carbonyl (C=O) groups excluding carboxylic acids is 1. The second-order valence-electron chi connectivity index (χ2n) is 5.67. The molecule has 0 aliphatic rings. The molecule has 0 aliphatic carbocycles. The van der Waals surface area contributed by atoms with Crippen molar-refractivity contribution in [2.75, 3.05) is 0 Å². The number of aromatic nitrogens is 2. The minimum absolute atomic E-state index is 0.0662. The fourth-order valence-corrected chi connectivity index (χ4v) is 3.33. The number of hydrogen-bond acceptors (Lipinski definition) is 2. The smallest absolute Gasteiger partial charge is 0.282 e. The number of carbonyl (C=O) groups is 1. The van der Waals surface area contributed by atoms with E-state index in [4.69, 9.17) is 28.9 Å². The van der Waals surface area contributed by atoms with Gasteiger partial charge < -0.3 is 5.73 Å². The van der Waals surface area contributed by atoms with Crippen LogP contribution in [0.5, 0.6) is 0 Å². The molecule has 2 N–H and O–H groups in total. The van der Waals surface area contributed by atoms with E-state index >= 15 is 0 Å². The fraction of sp³-hybridized carbons (Fsp3) is 0.111. The van der Waals surface area contributed by atoms with Crippen LogP contribution in [-0.4, -0.2) is 15.7 Å². The van der Waals surface area contributed by atoms with E-state index in [1.165, 1.54) is 7.05 Å². The zero-order chi connectivity index (χ0) is 19.9. The van der Waals surface area contributed by atoms with Gasteiger partial charge in [0.25, 0.3) is 12.3 Å². The van der Waals surface area contributed by atoms with Crippen molar-refractivity contribution in [3.8, 4) is 22.4 Å². The van der Waals surface area contributed by atoms with Crippen molar-refractivity contribution in [1.29, 1.82) is 0 Å². The summed E-state index contributed by atoms with van der Waals surface area (Å²) in [6, 6.07) is 9.65. The summed E-state index contributed by atoms with van der Waals surface area (Å²) in [5, 5.41) is 3.07. The lowest BCUT2D eigenvalue weighted by Crippen LogP contribution is -2.14. The Morgan fingerprint density at radius 1 is 1.19 bits per heavy atom.